The average Bonchev–Trinajstić information content (AvgIpc) is 2.85. The molecule has 0 saturated heterocycles. The van der Waals surface area contributed by atoms with Gasteiger partial charge in [0.1, 0.15) is 15.4 Å². The van der Waals surface area contributed by atoms with Crippen molar-refractivity contribution in [2.45, 2.75) is 45.8 Å². The van der Waals surface area contributed by atoms with E-state index in [1.807, 2.05) is 23.6 Å². The second-order valence-corrected chi connectivity index (χ2v) is 8.37. The average molecular weight is 468 g/mol. The van der Waals surface area contributed by atoms with Gasteiger partial charge in [-0.2, -0.15) is 0 Å². The molecule has 26 heavy (non-hydrogen) atoms. The van der Waals surface area contributed by atoms with E-state index in [9.17, 15) is 14.7 Å². The molecule has 0 aromatic carbocycles. The third-order valence-corrected chi connectivity index (χ3v) is 5.72. The maximum absolute atomic E-state index is 11.8. The van der Waals surface area contributed by atoms with Crippen molar-refractivity contribution in [3.63, 3.8) is 0 Å². The number of carbonyl (C=O) groups is 1. The highest BCUT2D eigenvalue weighted by atomic mass is 127. The Hall–Kier alpha value is -1.90. The summed E-state index contributed by atoms with van der Waals surface area (Å²) in [6.45, 7) is 6.21. The minimum atomic E-state index is -1.21. The largest absolute Gasteiger partial charge is 0.485 e. The molecule has 1 N–H and O–H groups in total. The summed E-state index contributed by atoms with van der Waals surface area (Å²) in [4.78, 5) is 27.6. The number of carboxylic acid groups (broad SMARTS) is 1. The number of ether oxygens (including phenoxy) is 1. The number of aromatic nitrogens is 2. The van der Waals surface area contributed by atoms with Crippen LogP contribution in [0, 0.1) is 16.0 Å². The number of pyridine rings is 2. The summed E-state index contributed by atoms with van der Waals surface area (Å²) in [6, 6.07) is 5.06. The Kier molecular flexibility index (Phi) is 5.09. The molecule has 2 aromatic heterocycles. The van der Waals surface area contributed by atoms with Crippen molar-refractivity contribution in [1.82, 2.24) is 9.55 Å². The van der Waals surface area contributed by atoms with Crippen LogP contribution in [-0.2, 0) is 0 Å². The second kappa shape index (κ2) is 7.02. The molecule has 3 rings (SSSR count). The molecule has 1 aliphatic rings. The molecule has 2 unspecified atom stereocenters. The Morgan fingerprint density at radius 3 is 2.77 bits per heavy atom. The Balaban J connectivity index is 1.98. The Morgan fingerprint density at radius 2 is 2.12 bits per heavy atom. The molecule has 2 atom stereocenters. The highest BCUT2D eigenvalue weighted by Gasteiger charge is 2.44. The summed E-state index contributed by atoms with van der Waals surface area (Å²) in [5.74, 6) is -0.488. The molecule has 2 aromatic rings. The van der Waals surface area contributed by atoms with Crippen molar-refractivity contribution in [3.05, 3.63) is 55.8 Å². The number of rotatable bonds is 4. The molecule has 1 saturated carbocycles. The minimum Gasteiger partial charge on any atom is -0.485 e. The summed E-state index contributed by atoms with van der Waals surface area (Å²) in [7, 11) is 0. The SMILES string of the molecule is Cc1ccc(OC2CCC(C)(C)C2n2ccc(=O)c(C(=O)O)c2)c(I)n1. The maximum atomic E-state index is 11.8. The molecule has 0 spiro atoms. The molecule has 0 radical (unpaired) electrons. The molecule has 1 aliphatic carbocycles. The van der Waals surface area contributed by atoms with Gasteiger partial charge in [-0.15, -0.1) is 0 Å². The predicted octanol–water partition coefficient (Wildman–Crippen LogP) is 3.66. The Bertz CT molecular complexity index is 907. The van der Waals surface area contributed by atoms with Crippen molar-refractivity contribution in [1.29, 1.82) is 0 Å². The quantitative estimate of drug-likeness (QED) is 0.547. The zero-order valence-electron chi connectivity index (χ0n) is 14.9. The smallest absolute Gasteiger partial charge is 0.341 e. The van der Waals surface area contributed by atoms with Crippen LogP contribution < -0.4 is 10.2 Å². The van der Waals surface area contributed by atoms with Crippen molar-refractivity contribution in [3.8, 4) is 5.75 Å². The minimum absolute atomic E-state index is 0.0849. The fourth-order valence-corrected chi connectivity index (χ4v) is 4.33. The van der Waals surface area contributed by atoms with Gasteiger partial charge in [0.2, 0.25) is 0 Å². The van der Waals surface area contributed by atoms with E-state index in [0.29, 0.717) is 0 Å². The van der Waals surface area contributed by atoms with Crippen LogP contribution in [0.4, 0.5) is 0 Å². The zero-order valence-corrected chi connectivity index (χ0v) is 17.1. The first-order chi connectivity index (χ1) is 12.2. The van der Waals surface area contributed by atoms with Gasteiger partial charge in [-0.25, -0.2) is 9.78 Å². The first-order valence-electron chi connectivity index (χ1n) is 8.44. The number of nitrogens with zero attached hydrogens (tertiary/aromatic N) is 2. The predicted molar refractivity (Wildman–Crippen MR) is 106 cm³/mol. The number of aromatic carboxylic acids is 1. The molecule has 0 amide bonds. The normalized spacial score (nSPS) is 21.5. The lowest BCUT2D eigenvalue weighted by molar-refractivity contribution is 0.0691. The monoisotopic (exact) mass is 468 g/mol. The summed E-state index contributed by atoms with van der Waals surface area (Å²) in [5.41, 5.74) is 0.121. The lowest BCUT2D eigenvalue weighted by Crippen LogP contribution is -2.33. The van der Waals surface area contributed by atoms with Gasteiger partial charge in [-0.05, 0) is 59.9 Å². The number of aryl methyl sites for hydroxylation is 1. The van der Waals surface area contributed by atoms with Crippen LogP contribution in [0.1, 0.15) is 48.8 Å². The molecular weight excluding hydrogens is 447 g/mol. The van der Waals surface area contributed by atoms with E-state index in [4.69, 9.17) is 4.74 Å². The topological polar surface area (TPSA) is 81.4 Å². The van der Waals surface area contributed by atoms with Crippen molar-refractivity contribution in [2.24, 2.45) is 5.41 Å². The van der Waals surface area contributed by atoms with Crippen LogP contribution in [0.3, 0.4) is 0 Å². The van der Waals surface area contributed by atoms with E-state index in [1.165, 1.54) is 12.3 Å². The van der Waals surface area contributed by atoms with E-state index in [2.05, 4.69) is 41.4 Å². The maximum Gasteiger partial charge on any atom is 0.341 e. The van der Waals surface area contributed by atoms with Crippen LogP contribution in [0.5, 0.6) is 5.75 Å². The number of hydrogen-bond acceptors (Lipinski definition) is 4. The first-order valence-corrected chi connectivity index (χ1v) is 9.52. The molecule has 6 nitrogen and oxygen atoms in total. The van der Waals surface area contributed by atoms with E-state index in [-0.39, 0.29) is 23.1 Å². The summed E-state index contributed by atoms with van der Waals surface area (Å²) >= 11 is 2.16. The van der Waals surface area contributed by atoms with Gasteiger partial charge < -0.3 is 14.4 Å². The van der Waals surface area contributed by atoms with Gasteiger partial charge in [-0.1, -0.05) is 13.8 Å². The van der Waals surface area contributed by atoms with Crippen LogP contribution in [-0.4, -0.2) is 26.7 Å². The molecule has 1 fully saturated rings. The molecule has 138 valence electrons. The second-order valence-electron chi connectivity index (χ2n) is 7.35. The lowest BCUT2D eigenvalue weighted by Gasteiger charge is -2.33. The molecular formula is C19H21IN2O4. The molecule has 0 bridgehead atoms. The van der Waals surface area contributed by atoms with E-state index < -0.39 is 11.4 Å². The van der Waals surface area contributed by atoms with E-state index in [0.717, 1.165) is 28.0 Å². The fourth-order valence-electron chi connectivity index (χ4n) is 3.64. The van der Waals surface area contributed by atoms with Crippen molar-refractivity contribution < 1.29 is 14.6 Å². The highest BCUT2D eigenvalue weighted by Crippen LogP contribution is 2.47. The van der Waals surface area contributed by atoms with Crippen LogP contribution in [0.2, 0.25) is 0 Å². The van der Waals surface area contributed by atoms with Crippen LogP contribution in [0.15, 0.2) is 35.4 Å². The van der Waals surface area contributed by atoms with Gasteiger partial charge in [0.05, 0.1) is 6.04 Å². The Labute approximate surface area is 165 Å². The zero-order chi connectivity index (χ0) is 19.1. The number of hydrogen-bond donors (Lipinski definition) is 1. The highest BCUT2D eigenvalue weighted by molar-refractivity contribution is 14.1. The third kappa shape index (κ3) is 3.62. The van der Waals surface area contributed by atoms with Gasteiger partial charge in [0, 0.05) is 24.2 Å². The fraction of sp³-hybridized carbons (Fsp3) is 0.421. The van der Waals surface area contributed by atoms with E-state index in [1.54, 1.807) is 6.20 Å². The molecule has 2 heterocycles. The Morgan fingerprint density at radius 1 is 1.38 bits per heavy atom. The summed E-state index contributed by atoms with van der Waals surface area (Å²) < 4.78 is 8.90. The van der Waals surface area contributed by atoms with Gasteiger partial charge >= 0.3 is 5.97 Å². The lowest BCUT2D eigenvalue weighted by atomic mass is 9.86. The van der Waals surface area contributed by atoms with Gasteiger partial charge in [-0.3, -0.25) is 4.79 Å². The van der Waals surface area contributed by atoms with Crippen LogP contribution in [0.25, 0.3) is 0 Å². The number of halogens is 1. The first kappa shape index (κ1) is 18.9. The molecule has 0 aliphatic heterocycles. The molecule has 7 heteroatoms. The summed E-state index contributed by atoms with van der Waals surface area (Å²) in [5, 5.41) is 9.27. The number of carboxylic acids is 1. The van der Waals surface area contributed by atoms with Crippen LogP contribution >= 0.6 is 22.6 Å². The summed E-state index contributed by atoms with van der Waals surface area (Å²) in [6.07, 6.45) is 4.73. The van der Waals surface area contributed by atoms with Gasteiger partial charge in [0.15, 0.2) is 11.2 Å². The van der Waals surface area contributed by atoms with Crippen molar-refractivity contribution >= 4 is 28.6 Å². The third-order valence-electron chi connectivity index (χ3n) is 4.95. The standard InChI is InChI=1S/C19H21IN2O4/c1-11-4-5-15(17(20)21-11)26-14-6-8-19(2,3)16(14)22-9-7-13(23)12(10-22)18(24)25/h4-5,7,9-10,14,16H,6,8H2,1-3H3,(H,24,25). The van der Waals surface area contributed by atoms with E-state index >= 15 is 0 Å². The van der Waals surface area contributed by atoms with Gasteiger partial charge in [0.25, 0.3) is 0 Å². The van der Waals surface area contributed by atoms with Crippen molar-refractivity contribution in [2.75, 3.05) is 0 Å².